The van der Waals surface area contributed by atoms with Crippen molar-refractivity contribution in [3.05, 3.63) is 29.8 Å². The summed E-state index contributed by atoms with van der Waals surface area (Å²) in [5, 5.41) is 9.82. The van der Waals surface area contributed by atoms with E-state index in [0.717, 1.165) is 38.2 Å². The lowest BCUT2D eigenvalue weighted by atomic mass is 10.1. The standard InChI is InChI=1S/C16H26N2O/c1-4-16(19)14-6-8-15(9-7-14)18-11-10-17(5-2)13(3)12-18/h6-9,13,16,19H,4-5,10-12H2,1-3H3/t13?,16-/m1/s1. The van der Waals surface area contributed by atoms with Crippen LogP contribution in [0.3, 0.4) is 0 Å². The van der Waals surface area contributed by atoms with Gasteiger partial charge in [-0.15, -0.1) is 0 Å². The molecule has 0 aromatic heterocycles. The van der Waals surface area contributed by atoms with Crippen LogP contribution in [-0.2, 0) is 0 Å². The smallest absolute Gasteiger partial charge is 0.0787 e. The van der Waals surface area contributed by atoms with Crippen LogP contribution in [0.15, 0.2) is 24.3 Å². The van der Waals surface area contributed by atoms with Crippen molar-refractivity contribution in [2.75, 3.05) is 31.1 Å². The largest absolute Gasteiger partial charge is 0.388 e. The molecule has 1 aliphatic heterocycles. The van der Waals surface area contributed by atoms with E-state index in [1.165, 1.54) is 5.69 Å². The summed E-state index contributed by atoms with van der Waals surface area (Å²) < 4.78 is 0. The molecule has 1 aliphatic rings. The number of nitrogens with zero attached hydrogens (tertiary/aromatic N) is 2. The molecule has 106 valence electrons. The molecule has 1 N–H and O–H groups in total. The molecule has 1 aromatic carbocycles. The first-order chi connectivity index (χ1) is 9.15. The maximum absolute atomic E-state index is 9.82. The van der Waals surface area contributed by atoms with E-state index >= 15 is 0 Å². The van der Waals surface area contributed by atoms with Gasteiger partial charge in [-0.25, -0.2) is 0 Å². The topological polar surface area (TPSA) is 26.7 Å². The molecule has 19 heavy (non-hydrogen) atoms. The second-order valence-electron chi connectivity index (χ2n) is 5.44. The quantitative estimate of drug-likeness (QED) is 0.903. The molecule has 0 saturated carbocycles. The maximum Gasteiger partial charge on any atom is 0.0787 e. The van der Waals surface area contributed by atoms with Gasteiger partial charge < -0.3 is 10.0 Å². The molecule has 0 radical (unpaired) electrons. The molecule has 2 atom stereocenters. The van der Waals surface area contributed by atoms with Gasteiger partial charge in [-0.3, -0.25) is 4.90 Å². The highest BCUT2D eigenvalue weighted by Gasteiger charge is 2.22. The van der Waals surface area contributed by atoms with E-state index in [4.69, 9.17) is 0 Å². The number of rotatable bonds is 4. The zero-order valence-corrected chi connectivity index (χ0v) is 12.3. The van der Waals surface area contributed by atoms with Crippen molar-refractivity contribution in [1.29, 1.82) is 0 Å². The SMILES string of the molecule is CC[C@@H](O)c1ccc(N2CCN(CC)C(C)C2)cc1. The number of piperazine rings is 1. The molecule has 3 heteroatoms. The highest BCUT2D eigenvalue weighted by Crippen LogP contribution is 2.23. The van der Waals surface area contributed by atoms with Crippen molar-refractivity contribution < 1.29 is 5.11 Å². The molecule has 0 bridgehead atoms. The predicted octanol–water partition coefficient (Wildman–Crippen LogP) is 2.66. The second-order valence-corrected chi connectivity index (χ2v) is 5.44. The first-order valence-corrected chi connectivity index (χ1v) is 7.42. The molecule has 0 amide bonds. The van der Waals surface area contributed by atoms with Crippen LogP contribution in [0.5, 0.6) is 0 Å². The van der Waals surface area contributed by atoms with Gasteiger partial charge in [0.15, 0.2) is 0 Å². The Labute approximate surface area is 116 Å². The van der Waals surface area contributed by atoms with Crippen molar-refractivity contribution >= 4 is 5.69 Å². The molecule has 0 spiro atoms. The van der Waals surface area contributed by atoms with E-state index < -0.39 is 0 Å². The molecule has 0 aliphatic carbocycles. The Morgan fingerprint density at radius 2 is 1.89 bits per heavy atom. The lowest BCUT2D eigenvalue weighted by Gasteiger charge is -2.40. The number of hydrogen-bond acceptors (Lipinski definition) is 3. The number of benzene rings is 1. The van der Waals surface area contributed by atoms with E-state index in [1.54, 1.807) is 0 Å². The first-order valence-electron chi connectivity index (χ1n) is 7.42. The Hall–Kier alpha value is -1.06. The van der Waals surface area contributed by atoms with Crippen molar-refractivity contribution in [2.45, 2.75) is 39.3 Å². The van der Waals surface area contributed by atoms with Crippen molar-refractivity contribution in [1.82, 2.24) is 4.90 Å². The minimum atomic E-state index is -0.329. The van der Waals surface area contributed by atoms with Crippen LogP contribution in [0.1, 0.15) is 38.9 Å². The average Bonchev–Trinajstić information content (AvgIpc) is 2.46. The number of likely N-dealkylation sites (N-methyl/N-ethyl adjacent to an activating group) is 1. The summed E-state index contributed by atoms with van der Waals surface area (Å²) in [6.45, 7) is 11.0. The minimum Gasteiger partial charge on any atom is -0.388 e. The van der Waals surface area contributed by atoms with Crippen molar-refractivity contribution in [3.8, 4) is 0 Å². The summed E-state index contributed by atoms with van der Waals surface area (Å²) in [7, 11) is 0. The maximum atomic E-state index is 9.82. The summed E-state index contributed by atoms with van der Waals surface area (Å²) in [5.74, 6) is 0. The lowest BCUT2D eigenvalue weighted by molar-refractivity contribution is 0.173. The van der Waals surface area contributed by atoms with Crippen molar-refractivity contribution in [3.63, 3.8) is 0 Å². The third-order valence-electron chi connectivity index (χ3n) is 4.20. The van der Waals surface area contributed by atoms with Crippen LogP contribution in [0.2, 0.25) is 0 Å². The molecule has 3 nitrogen and oxygen atoms in total. The van der Waals surface area contributed by atoms with E-state index in [-0.39, 0.29) is 6.10 Å². The minimum absolute atomic E-state index is 0.329. The molecule has 2 rings (SSSR count). The van der Waals surface area contributed by atoms with Crippen LogP contribution in [0, 0.1) is 0 Å². The van der Waals surface area contributed by atoms with Gasteiger partial charge >= 0.3 is 0 Å². The number of aliphatic hydroxyl groups is 1. The third-order valence-corrected chi connectivity index (χ3v) is 4.20. The zero-order valence-electron chi connectivity index (χ0n) is 12.3. The lowest BCUT2D eigenvalue weighted by Crippen LogP contribution is -2.51. The van der Waals surface area contributed by atoms with E-state index in [0.29, 0.717) is 6.04 Å². The van der Waals surface area contributed by atoms with Crippen molar-refractivity contribution in [2.24, 2.45) is 0 Å². The Balaban J connectivity index is 2.03. The van der Waals surface area contributed by atoms with Gasteiger partial charge in [0, 0.05) is 31.4 Å². The first kappa shape index (κ1) is 14.4. The average molecular weight is 262 g/mol. The number of hydrogen-bond donors (Lipinski definition) is 1. The summed E-state index contributed by atoms with van der Waals surface area (Å²) in [4.78, 5) is 4.96. The Kier molecular flexibility index (Phi) is 4.83. The third kappa shape index (κ3) is 3.28. The van der Waals surface area contributed by atoms with E-state index in [9.17, 15) is 5.11 Å². The fourth-order valence-electron chi connectivity index (χ4n) is 2.84. The number of aliphatic hydroxyl groups excluding tert-OH is 1. The Bertz CT molecular complexity index is 390. The summed E-state index contributed by atoms with van der Waals surface area (Å²) in [6, 6.07) is 9.01. The Morgan fingerprint density at radius 3 is 2.42 bits per heavy atom. The van der Waals surface area contributed by atoms with Crippen LogP contribution in [0.25, 0.3) is 0 Å². The molecule has 1 aromatic rings. The van der Waals surface area contributed by atoms with Crippen LogP contribution in [-0.4, -0.2) is 42.2 Å². The molecule has 1 saturated heterocycles. The number of anilines is 1. The highest BCUT2D eigenvalue weighted by molar-refractivity contribution is 5.48. The Morgan fingerprint density at radius 1 is 1.21 bits per heavy atom. The normalized spacial score (nSPS) is 22.5. The van der Waals surface area contributed by atoms with Gasteiger partial charge in [0.05, 0.1) is 6.10 Å². The van der Waals surface area contributed by atoms with Gasteiger partial charge in [-0.2, -0.15) is 0 Å². The molecule has 1 unspecified atom stereocenters. The monoisotopic (exact) mass is 262 g/mol. The van der Waals surface area contributed by atoms with Crippen LogP contribution >= 0.6 is 0 Å². The summed E-state index contributed by atoms with van der Waals surface area (Å²) in [5.41, 5.74) is 2.29. The van der Waals surface area contributed by atoms with Gasteiger partial charge in [-0.1, -0.05) is 26.0 Å². The molecular formula is C16H26N2O. The van der Waals surface area contributed by atoms with Crippen LogP contribution in [0.4, 0.5) is 5.69 Å². The summed E-state index contributed by atoms with van der Waals surface area (Å²) in [6.07, 6.45) is 0.441. The fraction of sp³-hybridized carbons (Fsp3) is 0.625. The summed E-state index contributed by atoms with van der Waals surface area (Å²) >= 11 is 0. The highest BCUT2D eigenvalue weighted by atomic mass is 16.3. The van der Waals surface area contributed by atoms with Gasteiger partial charge in [0.2, 0.25) is 0 Å². The molecule has 1 fully saturated rings. The van der Waals surface area contributed by atoms with Gasteiger partial charge in [-0.05, 0) is 37.6 Å². The van der Waals surface area contributed by atoms with Gasteiger partial charge in [0.25, 0.3) is 0 Å². The van der Waals surface area contributed by atoms with E-state index in [1.807, 2.05) is 6.92 Å². The predicted molar refractivity (Wildman–Crippen MR) is 80.6 cm³/mol. The van der Waals surface area contributed by atoms with Gasteiger partial charge in [0.1, 0.15) is 0 Å². The molecular weight excluding hydrogens is 236 g/mol. The fourth-order valence-corrected chi connectivity index (χ4v) is 2.84. The second kappa shape index (κ2) is 6.40. The molecule has 1 heterocycles. The van der Waals surface area contributed by atoms with E-state index in [2.05, 4.69) is 47.9 Å². The van der Waals surface area contributed by atoms with Crippen LogP contribution < -0.4 is 4.90 Å². The zero-order chi connectivity index (χ0) is 13.8.